The Morgan fingerprint density at radius 3 is 2.57 bits per heavy atom. The van der Waals surface area contributed by atoms with Crippen molar-refractivity contribution in [3.8, 4) is 17.7 Å². The van der Waals surface area contributed by atoms with Crippen LogP contribution in [0, 0.1) is 11.3 Å². The van der Waals surface area contributed by atoms with E-state index in [1.165, 1.54) is 7.11 Å². The molecular formula is C17H20N2O4. The van der Waals surface area contributed by atoms with Crippen LogP contribution in [0.15, 0.2) is 28.8 Å². The van der Waals surface area contributed by atoms with Crippen LogP contribution in [0.5, 0.6) is 11.6 Å². The van der Waals surface area contributed by atoms with Crippen LogP contribution in [0.3, 0.4) is 0 Å². The van der Waals surface area contributed by atoms with Crippen LogP contribution in [0.4, 0.5) is 0 Å². The standard InChI is InChI=1S/C17H20N2O4/c1-12(16-15(10-18)17(21-3)19-23-16)8-9-22-11-13-4-6-14(20-2)7-5-13/h4-7,12H,8-9,11H2,1-3H3. The minimum Gasteiger partial charge on any atom is -0.497 e. The van der Waals surface area contributed by atoms with E-state index in [0.717, 1.165) is 17.7 Å². The fraction of sp³-hybridized carbons (Fsp3) is 0.412. The highest BCUT2D eigenvalue weighted by atomic mass is 16.5. The number of ether oxygens (including phenoxy) is 3. The third-order valence-electron chi connectivity index (χ3n) is 3.56. The van der Waals surface area contributed by atoms with Crippen molar-refractivity contribution in [2.24, 2.45) is 0 Å². The zero-order valence-corrected chi connectivity index (χ0v) is 13.5. The molecule has 0 aliphatic carbocycles. The van der Waals surface area contributed by atoms with Gasteiger partial charge in [0.1, 0.15) is 11.8 Å². The molecule has 1 atom stereocenters. The number of rotatable bonds is 8. The van der Waals surface area contributed by atoms with Crippen molar-refractivity contribution >= 4 is 0 Å². The third kappa shape index (κ3) is 4.24. The molecule has 6 heteroatoms. The Morgan fingerprint density at radius 1 is 1.22 bits per heavy atom. The first-order valence-electron chi connectivity index (χ1n) is 7.34. The summed E-state index contributed by atoms with van der Waals surface area (Å²) in [5.74, 6) is 1.62. The van der Waals surface area contributed by atoms with Crippen LogP contribution in [-0.4, -0.2) is 26.0 Å². The SMILES string of the molecule is COc1ccc(COCCC(C)c2onc(OC)c2C#N)cc1. The fourth-order valence-electron chi connectivity index (χ4n) is 2.17. The monoisotopic (exact) mass is 316 g/mol. The summed E-state index contributed by atoms with van der Waals surface area (Å²) in [6, 6.07) is 9.82. The molecule has 6 nitrogen and oxygen atoms in total. The Morgan fingerprint density at radius 2 is 1.96 bits per heavy atom. The molecule has 122 valence electrons. The average Bonchev–Trinajstić information content (AvgIpc) is 3.02. The van der Waals surface area contributed by atoms with Gasteiger partial charge in [0.25, 0.3) is 5.88 Å². The van der Waals surface area contributed by atoms with E-state index >= 15 is 0 Å². The number of hydrogen-bond donors (Lipinski definition) is 0. The van der Waals surface area contributed by atoms with Crippen LogP contribution < -0.4 is 9.47 Å². The Kier molecular flexibility index (Phi) is 6.01. The molecule has 1 aromatic heterocycles. The summed E-state index contributed by atoms with van der Waals surface area (Å²) in [5.41, 5.74) is 1.44. The second-order valence-electron chi connectivity index (χ2n) is 5.13. The van der Waals surface area contributed by atoms with Crippen molar-refractivity contribution in [2.45, 2.75) is 25.9 Å². The van der Waals surface area contributed by atoms with Gasteiger partial charge in [-0.05, 0) is 29.3 Å². The predicted octanol–water partition coefficient (Wildman–Crippen LogP) is 3.27. The van der Waals surface area contributed by atoms with Crippen molar-refractivity contribution in [3.63, 3.8) is 0 Å². The lowest BCUT2D eigenvalue weighted by Crippen LogP contribution is -2.02. The molecule has 0 saturated carbocycles. The summed E-state index contributed by atoms with van der Waals surface area (Å²) in [7, 11) is 3.10. The molecule has 1 heterocycles. The van der Waals surface area contributed by atoms with E-state index in [9.17, 15) is 0 Å². The van der Waals surface area contributed by atoms with E-state index in [2.05, 4.69) is 11.2 Å². The van der Waals surface area contributed by atoms with E-state index in [-0.39, 0.29) is 11.8 Å². The summed E-state index contributed by atoms with van der Waals surface area (Å²) in [4.78, 5) is 0. The third-order valence-corrected chi connectivity index (χ3v) is 3.56. The molecule has 0 fully saturated rings. The van der Waals surface area contributed by atoms with Crippen LogP contribution in [-0.2, 0) is 11.3 Å². The predicted molar refractivity (Wildman–Crippen MR) is 83.5 cm³/mol. The minimum absolute atomic E-state index is 0.0249. The summed E-state index contributed by atoms with van der Waals surface area (Å²) in [6.07, 6.45) is 0.725. The lowest BCUT2D eigenvalue weighted by molar-refractivity contribution is 0.112. The fourth-order valence-corrected chi connectivity index (χ4v) is 2.17. The van der Waals surface area contributed by atoms with Crippen LogP contribution >= 0.6 is 0 Å². The second kappa shape index (κ2) is 8.20. The molecule has 1 unspecified atom stereocenters. The number of nitriles is 1. The zero-order chi connectivity index (χ0) is 16.7. The molecule has 0 aliphatic heterocycles. The molecule has 0 bridgehead atoms. The van der Waals surface area contributed by atoms with Gasteiger partial charge in [-0.15, -0.1) is 0 Å². The van der Waals surface area contributed by atoms with E-state index in [1.54, 1.807) is 7.11 Å². The Balaban J connectivity index is 1.81. The maximum absolute atomic E-state index is 9.16. The van der Waals surface area contributed by atoms with Gasteiger partial charge >= 0.3 is 0 Å². The van der Waals surface area contributed by atoms with Gasteiger partial charge < -0.3 is 18.7 Å². The van der Waals surface area contributed by atoms with Gasteiger partial charge in [0.05, 0.1) is 20.8 Å². The van der Waals surface area contributed by atoms with Crippen molar-refractivity contribution in [1.82, 2.24) is 5.16 Å². The van der Waals surface area contributed by atoms with E-state index in [1.807, 2.05) is 31.2 Å². The molecule has 0 saturated heterocycles. The molecular weight excluding hydrogens is 296 g/mol. The maximum Gasteiger partial charge on any atom is 0.272 e. The Hall–Kier alpha value is -2.52. The van der Waals surface area contributed by atoms with Gasteiger partial charge in [-0.2, -0.15) is 5.26 Å². The Labute approximate surface area is 135 Å². The normalized spacial score (nSPS) is 11.7. The average molecular weight is 316 g/mol. The molecule has 0 N–H and O–H groups in total. The lowest BCUT2D eigenvalue weighted by Gasteiger charge is -2.09. The Bertz CT molecular complexity index is 658. The van der Waals surface area contributed by atoms with Gasteiger partial charge in [-0.1, -0.05) is 19.1 Å². The molecule has 0 amide bonds. The highest BCUT2D eigenvalue weighted by Gasteiger charge is 2.21. The first-order valence-corrected chi connectivity index (χ1v) is 7.34. The van der Waals surface area contributed by atoms with Crippen LogP contribution in [0.2, 0.25) is 0 Å². The highest BCUT2D eigenvalue weighted by molar-refractivity contribution is 5.41. The largest absolute Gasteiger partial charge is 0.497 e. The quantitative estimate of drug-likeness (QED) is 0.696. The molecule has 0 radical (unpaired) electrons. The first kappa shape index (κ1) is 16.8. The topological polar surface area (TPSA) is 77.5 Å². The maximum atomic E-state index is 9.16. The lowest BCUT2D eigenvalue weighted by atomic mass is 10.0. The highest BCUT2D eigenvalue weighted by Crippen LogP contribution is 2.28. The second-order valence-corrected chi connectivity index (χ2v) is 5.13. The summed E-state index contributed by atoms with van der Waals surface area (Å²) < 4.78 is 21.0. The summed E-state index contributed by atoms with van der Waals surface area (Å²) in [5, 5.41) is 12.9. The molecule has 0 spiro atoms. The van der Waals surface area contributed by atoms with Gasteiger partial charge in [0, 0.05) is 12.5 Å². The summed E-state index contributed by atoms with van der Waals surface area (Å²) >= 11 is 0. The van der Waals surface area contributed by atoms with Gasteiger partial charge in [-0.3, -0.25) is 0 Å². The molecule has 0 aliphatic rings. The molecule has 2 rings (SSSR count). The van der Waals surface area contributed by atoms with Crippen molar-refractivity contribution in [3.05, 3.63) is 41.2 Å². The first-order chi connectivity index (χ1) is 11.2. The molecule has 1 aromatic carbocycles. The van der Waals surface area contributed by atoms with E-state index < -0.39 is 0 Å². The van der Waals surface area contributed by atoms with Crippen molar-refractivity contribution < 1.29 is 18.7 Å². The van der Waals surface area contributed by atoms with Gasteiger partial charge in [-0.25, -0.2) is 0 Å². The number of nitrogens with zero attached hydrogens (tertiary/aromatic N) is 2. The number of methoxy groups -OCH3 is 2. The smallest absolute Gasteiger partial charge is 0.272 e. The van der Waals surface area contributed by atoms with Crippen molar-refractivity contribution in [1.29, 1.82) is 5.26 Å². The number of hydrogen-bond acceptors (Lipinski definition) is 6. The number of benzene rings is 1. The summed E-state index contributed by atoms with van der Waals surface area (Å²) in [6.45, 7) is 3.06. The van der Waals surface area contributed by atoms with Crippen LogP contribution in [0.25, 0.3) is 0 Å². The van der Waals surface area contributed by atoms with Gasteiger partial charge in [0.15, 0.2) is 11.3 Å². The van der Waals surface area contributed by atoms with Crippen molar-refractivity contribution in [2.75, 3.05) is 20.8 Å². The molecule has 2 aromatic rings. The minimum atomic E-state index is 0.0249. The zero-order valence-electron chi connectivity index (χ0n) is 13.5. The van der Waals surface area contributed by atoms with E-state index in [0.29, 0.717) is 24.5 Å². The number of aromatic nitrogens is 1. The molecule has 23 heavy (non-hydrogen) atoms. The van der Waals surface area contributed by atoms with Crippen LogP contribution in [0.1, 0.15) is 36.1 Å². The van der Waals surface area contributed by atoms with E-state index in [4.69, 9.17) is 24.0 Å². The van der Waals surface area contributed by atoms with Gasteiger partial charge in [0.2, 0.25) is 0 Å².